The van der Waals surface area contributed by atoms with Crippen LogP contribution in [0.2, 0.25) is 0 Å². The Morgan fingerprint density at radius 3 is 2.40 bits per heavy atom. The van der Waals surface area contributed by atoms with E-state index in [1.54, 1.807) is 0 Å². The fourth-order valence-electron chi connectivity index (χ4n) is 3.52. The van der Waals surface area contributed by atoms with Crippen molar-refractivity contribution in [1.29, 1.82) is 0 Å². The van der Waals surface area contributed by atoms with Crippen LogP contribution in [-0.4, -0.2) is 18.5 Å². The first kappa shape index (κ1) is 17.8. The molecule has 2 aliphatic rings. The third-order valence-electron chi connectivity index (χ3n) is 4.87. The summed E-state index contributed by atoms with van der Waals surface area (Å²) in [6.07, 6.45) is 11.1. The van der Waals surface area contributed by atoms with Gasteiger partial charge in [-0.15, -0.1) is 12.4 Å². The lowest BCUT2D eigenvalue weighted by molar-refractivity contribution is -0.126. The van der Waals surface area contributed by atoms with Crippen LogP contribution < -0.4 is 11.1 Å². The minimum atomic E-state index is 0. The molecule has 2 aliphatic carbocycles. The molecule has 3 N–H and O–H groups in total. The molecule has 0 bridgehead atoms. The van der Waals surface area contributed by atoms with Crippen molar-refractivity contribution >= 4 is 18.3 Å². The van der Waals surface area contributed by atoms with Crippen LogP contribution in [0.4, 0.5) is 0 Å². The number of carbonyl (C=O) groups is 1. The van der Waals surface area contributed by atoms with Crippen molar-refractivity contribution in [3.05, 3.63) is 0 Å². The molecule has 0 aromatic heterocycles. The van der Waals surface area contributed by atoms with Gasteiger partial charge in [-0.2, -0.15) is 0 Å². The molecule has 2 atom stereocenters. The Bertz CT molecular complexity index is 288. The lowest BCUT2D eigenvalue weighted by atomic mass is 9.89. The van der Waals surface area contributed by atoms with E-state index >= 15 is 0 Å². The maximum Gasteiger partial charge on any atom is 0.223 e. The summed E-state index contributed by atoms with van der Waals surface area (Å²) in [6.45, 7) is 2.77. The fourth-order valence-corrected chi connectivity index (χ4v) is 3.52. The summed E-state index contributed by atoms with van der Waals surface area (Å²) >= 11 is 0. The van der Waals surface area contributed by atoms with Gasteiger partial charge < -0.3 is 11.1 Å². The van der Waals surface area contributed by atoms with E-state index in [2.05, 4.69) is 12.2 Å². The van der Waals surface area contributed by atoms with E-state index in [-0.39, 0.29) is 30.3 Å². The molecule has 2 unspecified atom stereocenters. The van der Waals surface area contributed by atoms with Gasteiger partial charge >= 0.3 is 0 Å². The number of nitrogens with one attached hydrogen (secondary N) is 1. The predicted molar refractivity (Wildman–Crippen MR) is 85.9 cm³/mol. The minimum Gasteiger partial charge on any atom is -0.352 e. The number of rotatable bonds is 8. The third kappa shape index (κ3) is 5.25. The highest BCUT2D eigenvalue weighted by molar-refractivity contribution is 5.85. The van der Waals surface area contributed by atoms with Gasteiger partial charge in [-0.3, -0.25) is 4.79 Å². The lowest BCUT2D eigenvalue weighted by Gasteiger charge is -2.23. The minimum absolute atomic E-state index is 0. The van der Waals surface area contributed by atoms with E-state index in [0.717, 1.165) is 25.2 Å². The molecule has 0 saturated heterocycles. The molecule has 2 saturated carbocycles. The highest BCUT2D eigenvalue weighted by Gasteiger charge is 2.33. The number of amides is 1. The molecule has 2 rings (SSSR count). The second-order valence-corrected chi connectivity index (χ2v) is 6.56. The summed E-state index contributed by atoms with van der Waals surface area (Å²) in [5.41, 5.74) is 5.78. The molecular formula is C16H31ClN2O. The zero-order valence-electron chi connectivity index (χ0n) is 12.8. The summed E-state index contributed by atoms with van der Waals surface area (Å²) in [5, 5.41) is 3.22. The largest absolute Gasteiger partial charge is 0.352 e. The van der Waals surface area contributed by atoms with Crippen LogP contribution in [0.3, 0.4) is 0 Å². The molecule has 0 heterocycles. The Balaban J connectivity index is 0.00000200. The topological polar surface area (TPSA) is 55.1 Å². The second kappa shape index (κ2) is 8.89. The van der Waals surface area contributed by atoms with Crippen molar-refractivity contribution in [1.82, 2.24) is 5.32 Å². The van der Waals surface area contributed by atoms with Gasteiger partial charge in [-0.1, -0.05) is 39.0 Å². The average Bonchev–Trinajstić information content (AvgIpc) is 3.13. The van der Waals surface area contributed by atoms with E-state index in [0.29, 0.717) is 12.5 Å². The van der Waals surface area contributed by atoms with E-state index in [1.165, 1.54) is 38.5 Å². The number of nitrogens with two attached hydrogens (primary N) is 1. The van der Waals surface area contributed by atoms with Crippen LogP contribution in [0.1, 0.15) is 64.7 Å². The molecule has 2 fully saturated rings. The predicted octanol–water partition coefficient (Wildman–Crippen LogP) is 3.26. The number of hydrogen-bond acceptors (Lipinski definition) is 2. The van der Waals surface area contributed by atoms with Crippen LogP contribution >= 0.6 is 12.4 Å². The van der Waals surface area contributed by atoms with Gasteiger partial charge in [0.05, 0.1) is 0 Å². The maximum absolute atomic E-state index is 12.5. The van der Waals surface area contributed by atoms with Gasteiger partial charge in [0.15, 0.2) is 0 Å². The Hall–Kier alpha value is -0.280. The molecular weight excluding hydrogens is 272 g/mol. The van der Waals surface area contributed by atoms with Gasteiger partial charge in [-0.05, 0) is 37.5 Å². The third-order valence-corrected chi connectivity index (χ3v) is 4.87. The van der Waals surface area contributed by atoms with Crippen LogP contribution in [-0.2, 0) is 4.79 Å². The highest BCUT2D eigenvalue weighted by atomic mass is 35.5. The van der Waals surface area contributed by atoms with Crippen molar-refractivity contribution in [2.24, 2.45) is 23.5 Å². The Morgan fingerprint density at radius 1 is 1.25 bits per heavy atom. The molecule has 0 aliphatic heterocycles. The van der Waals surface area contributed by atoms with E-state index in [9.17, 15) is 4.79 Å². The fraction of sp³-hybridized carbons (Fsp3) is 0.938. The van der Waals surface area contributed by atoms with Gasteiger partial charge in [0.25, 0.3) is 0 Å². The summed E-state index contributed by atoms with van der Waals surface area (Å²) < 4.78 is 0. The summed E-state index contributed by atoms with van der Waals surface area (Å²) in [4.78, 5) is 12.5. The van der Waals surface area contributed by atoms with Crippen molar-refractivity contribution in [3.8, 4) is 0 Å². The van der Waals surface area contributed by atoms with Gasteiger partial charge in [0.2, 0.25) is 5.91 Å². The zero-order chi connectivity index (χ0) is 13.7. The first-order chi connectivity index (χ1) is 9.24. The van der Waals surface area contributed by atoms with Crippen molar-refractivity contribution in [3.63, 3.8) is 0 Å². The Labute approximate surface area is 129 Å². The molecule has 0 aromatic carbocycles. The molecule has 0 spiro atoms. The zero-order valence-corrected chi connectivity index (χ0v) is 13.6. The Morgan fingerprint density at radius 2 is 1.90 bits per heavy atom. The monoisotopic (exact) mass is 302 g/mol. The smallest absolute Gasteiger partial charge is 0.223 e. The number of carbonyl (C=O) groups excluding carboxylic acids is 1. The molecule has 0 radical (unpaired) electrons. The van der Waals surface area contributed by atoms with Gasteiger partial charge in [0.1, 0.15) is 0 Å². The first-order valence-electron chi connectivity index (χ1n) is 8.25. The second-order valence-electron chi connectivity index (χ2n) is 6.56. The molecule has 0 aromatic rings. The van der Waals surface area contributed by atoms with Crippen molar-refractivity contribution in [2.45, 2.75) is 70.8 Å². The summed E-state index contributed by atoms with van der Waals surface area (Å²) in [6, 6.07) is 0.232. The molecule has 118 valence electrons. The number of halogens is 1. The lowest BCUT2D eigenvalue weighted by Crippen LogP contribution is -2.44. The summed E-state index contributed by atoms with van der Waals surface area (Å²) in [7, 11) is 0. The van der Waals surface area contributed by atoms with E-state index < -0.39 is 0 Å². The van der Waals surface area contributed by atoms with Crippen molar-refractivity contribution < 1.29 is 4.79 Å². The van der Waals surface area contributed by atoms with Crippen molar-refractivity contribution in [2.75, 3.05) is 6.54 Å². The van der Waals surface area contributed by atoms with Gasteiger partial charge in [-0.25, -0.2) is 0 Å². The molecule has 3 nitrogen and oxygen atoms in total. The standard InChI is InChI=1S/C16H30N2O.ClH/c1-2-5-14(10-12-6-3-4-7-12)16(19)18-15(11-17)13-8-9-13;/h12-15H,2-11,17H2,1H3,(H,18,19);1H. The summed E-state index contributed by atoms with van der Waals surface area (Å²) in [5.74, 6) is 1.94. The van der Waals surface area contributed by atoms with Gasteiger partial charge in [0, 0.05) is 18.5 Å². The van der Waals surface area contributed by atoms with Crippen LogP contribution in [0, 0.1) is 17.8 Å². The average molecular weight is 303 g/mol. The van der Waals surface area contributed by atoms with Crippen LogP contribution in [0.15, 0.2) is 0 Å². The first-order valence-corrected chi connectivity index (χ1v) is 8.25. The molecule has 20 heavy (non-hydrogen) atoms. The molecule has 4 heteroatoms. The SMILES string of the molecule is CCCC(CC1CCCC1)C(=O)NC(CN)C1CC1.Cl. The highest BCUT2D eigenvalue weighted by Crippen LogP contribution is 2.34. The normalized spacial score (nSPS) is 22.1. The quantitative estimate of drug-likeness (QED) is 0.723. The maximum atomic E-state index is 12.5. The van der Waals surface area contributed by atoms with E-state index in [1.807, 2.05) is 0 Å². The van der Waals surface area contributed by atoms with E-state index in [4.69, 9.17) is 5.73 Å². The molecule has 1 amide bonds. The number of hydrogen-bond donors (Lipinski definition) is 2. The van der Waals surface area contributed by atoms with Crippen LogP contribution in [0.5, 0.6) is 0 Å². The Kier molecular flexibility index (Phi) is 7.90. The van der Waals surface area contributed by atoms with Crippen LogP contribution in [0.25, 0.3) is 0 Å².